The highest BCUT2D eigenvalue weighted by Crippen LogP contribution is 2.11. The van der Waals surface area contributed by atoms with Crippen molar-refractivity contribution in [3.05, 3.63) is 53.9 Å². The molecule has 0 saturated carbocycles. The zero-order valence-corrected chi connectivity index (χ0v) is 12.0. The Morgan fingerprint density at radius 3 is 2.85 bits per heavy atom. The molecule has 1 aromatic rings. The smallest absolute Gasteiger partial charge is 0.128 e. The van der Waals surface area contributed by atoms with Gasteiger partial charge in [-0.1, -0.05) is 42.5 Å². The lowest BCUT2D eigenvalue weighted by Gasteiger charge is -2.21. The molecule has 1 fully saturated rings. The van der Waals surface area contributed by atoms with Crippen molar-refractivity contribution in [3.8, 4) is 0 Å². The van der Waals surface area contributed by atoms with Crippen LogP contribution in [0.5, 0.6) is 0 Å². The van der Waals surface area contributed by atoms with E-state index in [1.165, 1.54) is 5.56 Å². The molecule has 0 bridgehead atoms. The Morgan fingerprint density at radius 2 is 2.05 bits per heavy atom. The first kappa shape index (κ1) is 14.5. The lowest BCUT2D eigenvalue weighted by Crippen LogP contribution is -2.24. The van der Waals surface area contributed by atoms with Gasteiger partial charge >= 0.3 is 0 Å². The van der Waals surface area contributed by atoms with Gasteiger partial charge in [0.25, 0.3) is 0 Å². The summed E-state index contributed by atoms with van der Waals surface area (Å²) in [5.41, 5.74) is 1.20. The highest BCUT2D eigenvalue weighted by Gasteiger charge is 2.10. The Morgan fingerprint density at radius 1 is 1.20 bits per heavy atom. The molecule has 0 N–H and O–H groups in total. The zero-order valence-electron chi connectivity index (χ0n) is 12.0. The van der Waals surface area contributed by atoms with Crippen LogP contribution in [0, 0.1) is 0 Å². The van der Waals surface area contributed by atoms with Crippen molar-refractivity contribution in [2.75, 3.05) is 26.3 Å². The van der Waals surface area contributed by atoms with E-state index in [0.717, 1.165) is 38.5 Å². The fraction of sp³-hybridized carbons (Fsp3) is 0.353. The summed E-state index contributed by atoms with van der Waals surface area (Å²) >= 11 is 0. The van der Waals surface area contributed by atoms with E-state index in [1.807, 2.05) is 31.3 Å². The van der Waals surface area contributed by atoms with Crippen LogP contribution in [0.25, 0.3) is 6.08 Å². The second-order valence-electron chi connectivity index (χ2n) is 4.63. The monoisotopic (exact) mass is 270 g/mol. The minimum atomic E-state index is 0.777. The number of allylic oxidation sites excluding steroid dienone is 2. The van der Waals surface area contributed by atoms with E-state index < -0.39 is 0 Å². The van der Waals surface area contributed by atoms with Crippen LogP contribution in [0.1, 0.15) is 18.9 Å². The van der Waals surface area contributed by atoms with Crippen LogP contribution < -0.4 is 0 Å². The lowest BCUT2D eigenvalue weighted by atomic mass is 10.2. The molecule has 0 unspecified atom stereocenters. The van der Waals surface area contributed by atoms with Gasteiger partial charge < -0.3 is 9.64 Å². The molecule has 1 heterocycles. The topological polar surface area (TPSA) is 24.8 Å². The van der Waals surface area contributed by atoms with E-state index >= 15 is 0 Å². The Labute approximate surface area is 121 Å². The summed E-state index contributed by atoms with van der Waals surface area (Å²) in [5.74, 6) is 1.00. The maximum atomic E-state index is 5.49. The van der Waals surface area contributed by atoms with Gasteiger partial charge in [0.2, 0.25) is 0 Å². The summed E-state index contributed by atoms with van der Waals surface area (Å²) < 4.78 is 5.49. The summed E-state index contributed by atoms with van der Waals surface area (Å²) in [6.07, 6.45) is 9.12. The summed E-state index contributed by atoms with van der Waals surface area (Å²) in [5, 5.41) is 0. The van der Waals surface area contributed by atoms with Crippen molar-refractivity contribution in [2.24, 2.45) is 4.99 Å². The van der Waals surface area contributed by atoms with Crippen LogP contribution in [0.3, 0.4) is 0 Å². The molecule has 0 aliphatic carbocycles. The Balaban J connectivity index is 2.07. The predicted molar refractivity (Wildman–Crippen MR) is 84.7 cm³/mol. The summed E-state index contributed by atoms with van der Waals surface area (Å²) in [6.45, 7) is 5.48. The highest BCUT2D eigenvalue weighted by molar-refractivity contribution is 5.56. The zero-order chi connectivity index (χ0) is 14.0. The molecule has 0 spiro atoms. The van der Waals surface area contributed by atoms with Gasteiger partial charge in [-0.25, -0.2) is 4.99 Å². The summed E-state index contributed by atoms with van der Waals surface area (Å²) in [7, 11) is 0. The fourth-order valence-electron chi connectivity index (χ4n) is 2.15. The first-order chi connectivity index (χ1) is 9.90. The van der Waals surface area contributed by atoms with Gasteiger partial charge in [-0.2, -0.15) is 0 Å². The molecule has 106 valence electrons. The molecular weight excluding hydrogens is 248 g/mol. The molecule has 2 rings (SSSR count). The SMILES string of the molecule is C\C=N/C(=C\C=C\c1ccccc1)N1CCCOCC1. The van der Waals surface area contributed by atoms with E-state index in [1.54, 1.807) is 0 Å². The molecule has 20 heavy (non-hydrogen) atoms. The predicted octanol–water partition coefficient (Wildman–Crippen LogP) is 3.35. The second kappa shape index (κ2) is 8.33. The highest BCUT2D eigenvalue weighted by atomic mass is 16.5. The molecule has 0 radical (unpaired) electrons. The number of rotatable bonds is 4. The minimum absolute atomic E-state index is 0.777. The molecule has 1 saturated heterocycles. The first-order valence-electron chi connectivity index (χ1n) is 7.15. The summed E-state index contributed by atoms with van der Waals surface area (Å²) in [4.78, 5) is 6.76. The quantitative estimate of drug-likeness (QED) is 0.619. The second-order valence-corrected chi connectivity index (χ2v) is 4.63. The normalized spacial score (nSPS) is 17.9. The van der Waals surface area contributed by atoms with Gasteiger partial charge in [0.05, 0.1) is 6.61 Å². The van der Waals surface area contributed by atoms with E-state index in [2.05, 4.69) is 40.3 Å². The number of ether oxygens (including phenoxy) is 1. The number of hydrogen-bond acceptors (Lipinski definition) is 3. The molecule has 0 amide bonds. The number of benzene rings is 1. The molecule has 3 heteroatoms. The minimum Gasteiger partial charge on any atom is -0.380 e. The van der Waals surface area contributed by atoms with Crippen molar-refractivity contribution in [1.29, 1.82) is 0 Å². The lowest BCUT2D eigenvalue weighted by molar-refractivity contribution is 0.145. The van der Waals surface area contributed by atoms with E-state index in [0.29, 0.717) is 0 Å². The van der Waals surface area contributed by atoms with Crippen LogP contribution in [0.15, 0.2) is 53.3 Å². The molecule has 0 atom stereocenters. The number of hydrogen-bond donors (Lipinski definition) is 0. The molecule has 1 aliphatic rings. The van der Waals surface area contributed by atoms with Crippen LogP contribution >= 0.6 is 0 Å². The van der Waals surface area contributed by atoms with Crippen LogP contribution in [-0.2, 0) is 4.74 Å². The average molecular weight is 270 g/mol. The van der Waals surface area contributed by atoms with Crippen LogP contribution in [0.2, 0.25) is 0 Å². The molecule has 3 nitrogen and oxygen atoms in total. The molecule has 0 aromatic heterocycles. The Kier molecular flexibility index (Phi) is 6.06. The summed E-state index contributed by atoms with van der Waals surface area (Å²) in [6, 6.07) is 10.3. The first-order valence-corrected chi connectivity index (χ1v) is 7.15. The van der Waals surface area contributed by atoms with Crippen LogP contribution in [-0.4, -0.2) is 37.4 Å². The third-order valence-corrected chi connectivity index (χ3v) is 3.14. The fourth-order valence-corrected chi connectivity index (χ4v) is 2.15. The van der Waals surface area contributed by atoms with Gasteiger partial charge in [-0.3, -0.25) is 0 Å². The van der Waals surface area contributed by atoms with Crippen molar-refractivity contribution in [3.63, 3.8) is 0 Å². The standard InChI is InChI=1S/C17H22N2O/c1-2-18-17(19-12-7-14-20-15-13-19)11-6-10-16-8-4-3-5-9-16/h2-6,8-11H,7,12-15H2,1H3/b10-6+,17-11+,18-2-. The van der Waals surface area contributed by atoms with Crippen molar-refractivity contribution >= 4 is 12.3 Å². The van der Waals surface area contributed by atoms with E-state index in [9.17, 15) is 0 Å². The molecule has 1 aliphatic heterocycles. The third-order valence-electron chi connectivity index (χ3n) is 3.14. The van der Waals surface area contributed by atoms with Gasteiger partial charge in [0.15, 0.2) is 0 Å². The van der Waals surface area contributed by atoms with Gasteiger partial charge in [0.1, 0.15) is 5.82 Å². The average Bonchev–Trinajstić information content (AvgIpc) is 2.76. The van der Waals surface area contributed by atoms with E-state index in [-0.39, 0.29) is 0 Å². The number of aliphatic imine (C=N–C) groups is 1. The number of nitrogens with zero attached hydrogens (tertiary/aromatic N) is 2. The Hall–Kier alpha value is -1.87. The molecule has 1 aromatic carbocycles. The van der Waals surface area contributed by atoms with Crippen molar-refractivity contribution in [2.45, 2.75) is 13.3 Å². The third kappa shape index (κ3) is 4.67. The molecular formula is C17H22N2O. The van der Waals surface area contributed by atoms with Crippen molar-refractivity contribution in [1.82, 2.24) is 4.90 Å². The maximum Gasteiger partial charge on any atom is 0.128 e. The maximum absolute atomic E-state index is 5.49. The van der Waals surface area contributed by atoms with Gasteiger partial charge in [0, 0.05) is 25.9 Å². The van der Waals surface area contributed by atoms with Crippen molar-refractivity contribution < 1.29 is 4.74 Å². The van der Waals surface area contributed by atoms with Gasteiger partial charge in [-0.15, -0.1) is 0 Å². The van der Waals surface area contributed by atoms with Crippen LogP contribution in [0.4, 0.5) is 0 Å². The van der Waals surface area contributed by atoms with E-state index in [4.69, 9.17) is 4.74 Å². The van der Waals surface area contributed by atoms with Gasteiger partial charge in [-0.05, 0) is 25.0 Å². The Bertz CT molecular complexity index is 469. The largest absolute Gasteiger partial charge is 0.380 e.